The van der Waals surface area contributed by atoms with Gasteiger partial charge in [-0.2, -0.15) is 0 Å². The molecule has 0 saturated heterocycles. The van der Waals surface area contributed by atoms with E-state index in [-0.39, 0.29) is 11.1 Å². The maximum Gasteiger partial charge on any atom is 0.261 e. The number of benzene rings is 1. The highest BCUT2D eigenvalue weighted by atomic mass is 35.5. The minimum Gasteiger partial charge on any atom is -0.497 e. The molecule has 24 heavy (non-hydrogen) atoms. The average molecular weight is 369 g/mol. The van der Waals surface area contributed by atoms with Crippen LogP contribution >= 0.6 is 23.2 Å². The Morgan fingerprint density at radius 1 is 1.29 bits per heavy atom. The lowest BCUT2D eigenvalue weighted by Crippen LogP contribution is -2.37. The van der Waals surface area contributed by atoms with E-state index in [1.165, 1.54) is 12.3 Å². The van der Waals surface area contributed by atoms with E-state index in [4.69, 9.17) is 32.7 Å². The Morgan fingerprint density at radius 2 is 2.00 bits per heavy atom. The highest BCUT2D eigenvalue weighted by Gasteiger charge is 2.19. The van der Waals surface area contributed by atoms with E-state index in [0.29, 0.717) is 23.7 Å². The van der Waals surface area contributed by atoms with E-state index in [1.54, 1.807) is 7.11 Å². The van der Waals surface area contributed by atoms with Crippen LogP contribution < -0.4 is 14.8 Å². The molecule has 1 atom stereocenters. The van der Waals surface area contributed by atoms with Crippen LogP contribution in [0.3, 0.4) is 0 Å². The Balaban J connectivity index is 1.95. The zero-order valence-electron chi connectivity index (χ0n) is 13.4. The molecule has 0 fully saturated rings. The molecule has 1 heterocycles. The minimum absolute atomic E-state index is 0.223. The number of rotatable bonds is 7. The lowest BCUT2D eigenvalue weighted by Gasteiger charge is -2.18. The molecule has 5 nitrogen and oxygen atoms in total. The van der Waals surface area contributed by atoms with Gasteiger partial charge in [0.1, 0.15) is 10.9 Å². The van der Waals surface area contributed by atoms with Crippen LogP contribution in [0.25, 0.3) is 0 Å². The van der Waals surface area contributed by atoms with Gasteiger partial charge in [-0.25, -0.2) is 4.98 Å². The van der Waals surface area contributed by atoms with Crippen molar-refractivity contribution in [2.24, 2.45) is 0 Å². The minimum atomic E-state index is -0.663. The number of methoxy groups -OCH3 is 1. The highest BCUT2D eigenvalue weighted by Crippen LogP contribution is 2.26. The summed E-state index contributed by atoms with van der Waals surface area (Å²) in [5.41, 5.74) is 0.963. The summed E-state index contributed by atoms with van der Waals surface area (Å²) >= 11 is 11.8. The monoisotopic (exact) mass is 368 g/mol. The number of nitrogens with one attached hydrogen (secondary N) is 1. The van der Waals surface area contributed by atoms with Gasteiger partial charge in [-0.3, -0.25) is 4.79 Å². The van der Waals surface area contributed by atoms with Crippen molar-refractivity contribution >= 4 is 29.1 Å². The molecule has 128 valence electrons. The van der Waals surface area contributed by atoms with Crippen molar-refractivity contribution in [2.45, 2.75) is 26.0 Å². The Bertz CT molecular complexity index is 693. The van der Waals surface area contributed by atoms with Gasteiger partial charge < -0.3 is 14.8 Å². The van der Waals surface area contributed by atoms with Crippen LogP contribution in [-0.2, 0) is 11.3 Å². The second kappa shape index (κ2) is 8.76. The van der Waals surface area contributed by atoms with Crippen LogP contribution in [0.1, 0.15) is 18.9 Å². The van der Waals surface area contributed by atoms with E-state index in [2.05, 4.69) is 10.3 Å². The van der Waals surface area contributed by atoms with E-state index in [0.717, 1.165) is 11.3 Å². The van der Waals surface area contributed by atoms with Crippen LogP contribution in [-0.4, -0.2) is 24.1 Å². The van der Waals surface area contributed by atoms with Crippen molar-refractivity contribution in [3.63, 3.8) is 0 Å². The molecule has 1 amide bonds. The maximum atomic E-state index is 12.3. The van der Waals surface area contributed by atoms with E-state index in [9.17, 15) is 4.79 Å². The Kier molecular flexibility index (Phi) is 6.70. The number of nitrogens with zero attached hydrogens (tertiary/aromatic N) is 1. The molecule has 2 rings (SSSR count). The first-order valence-electron chi connectivity index (χ1n) is 7.41. The number of halogens is 2. The first kappa shape index (κ1) is 18.4. The second-order valence-corrected chi connectivity index (χ2v) is 5.81. The van der Waals surface area contributed by atoms with Crippen molar-refractivity contribution in [3.05, 3.63) is 52.3 Å². The SMILES string of the molecule is CCC(Oc1cnc(Cl)cc1Cl)C(=O)NCc1ccc(OC)cc1. The molecule has 1 N–H and O–H groups in total. The van der Waals surface area contributed by atoms with Crippen molar-refractivity contribution in [3.8, 4) is 11.5 Å². The summed E-state index contributed by atoms with van der Waals surface area (Å²) in [5.74, 6) is 0.872. The van der Waals surface area contributed by atoms with Crippen LogP contribution in [0, 0.1) is 0 Å². The number of amides is 1. The second-order valence-electron chi connectivity index (χ2n) is 5.02. The number of aromatic nitrogens is 1. The molecular weight excluding hydrogens is 351 g/mol. The lowest BCUT2D eigenvalue weighted by atomic mass is 10.2. The van der Waals surface area contributed by atoms with Crippen molar-refractivity contribution in [1.82, 2.24) is 10.3 Å². The first-order chi connectivity index (χ1) is 11.5. The van der Waals surface area contributed by atoms with Gasteiger partial charge in [-0.1, -0.05) is 42.3 Å². The zero-order chi connectivity index (χ0) is 17.5. The molecule has 0 aliphatic rings. The lowest BCUT2D eigenvalue weighted by molar-refractivity contribution is -0.128. The summed E-state index contributed by atoms with van der Waals surface area (Å²) in [6.07, 6.45) is 1.24. The predicted octanol–water partition coefficient (Wildman–Crippen LogP) is 3.87. The maximum absolute atomic E-state index is 12.3. The third-order valence-corrected chi connectivity index (χ3v) is 3.85. The summed E-state index contributed by atoms with van der Waals surface area (Å²) in [4.78, 5) is 16.2. The molecule has 0 saturated carbocycles. The van der Waals surface area contributed by atoms with Crippen LogP contribution in [0.4, 0.5) is 0 Å². The zero-order valence-corrected chi connectivity index (χ0v) is 14.9. The van der Waals surface area contributed by atoms with Crippen LogP contribution in [0.2, 0.25) is 10.2 Å². The van der Waals surface area contributed by atoms with Crippen LogP contribution in [0.5, 0.6) is 11.5 Å². The molecule has 0 radical (unpaired) electrons. The molecule has 2 aromatic rings. The third kappa shape index (κ3) is 5.01. The number of hydrogen-bond donors (Lipinski definition) is 1. The van der Waals surface area contributed by atoms with Gasteiger partial charge in [0.2, 0.25) is 0 Å². The van der Waals surface area contributed by atoms with Crippen molar-refractivity contribution < 1.29 is 14.3 Å². The number of pyridine rings is 1. The van der Waals surface area contributed by atoms with Gasteiger partial charge in [-0.15, -0.1) is 0 Å². The van der Waals surface area contributed by atoms with Gasteiger partial charge in [0, 0.05) is 6.54 Å². The number of carbonyl (C=O) groups is 1. The van der Waals surface area contributed by atoms with Gasteiger partial charge in [0.25, 0.3) is 5.91 Å². The Hall–Kier alpha value is -1.98. The van der Waals surface area contributed by atoms with E-state index in [1.807, 2.05) is 31.2 Å². The van der Waals surface area contributed by atoms with Gasteiger partial charge in [0.15, 0.2) is 11.9 Å². The topological polar surface area (TPSA) is 60.5 Å². The fourth-order valence-corrected chi connectivity index (χ4v) is 2.41. The predicted molar refractivity (Wildman–Crippen MR) is 93.8 cm³/mol. The van der Waals surface area contributed by atoms with Gasteiger partial charge in [-0.05, 0) is 30.2 Å². The Labute approximate surface area is 150 Å². The summed E-state index contributed by atoms with van der Waals surface area (Å²) in [5, 5.41) is 3.43. The average Bonchev–Trinajstić information content (AvgIpc) is 2.59. The molecule has 7 heteroatoms. The molecule has 0 spiro atoms. The largest absolute Gasteiger partial charge is 0.497 e. The first-order valence-corrected chi connectivity index (χ1v) is 8.17. The third-order valence-electron chi connectivity index (χ3n) is 3.34. The van der Waals surface area contributed by atoms with E-state index < -0.39 is 6.10 Å². The van der Waals surface area contributed by atoms with Crippen LogP contribution in [0.15, 0.2) is 36.5 Å². The standard InChI is InChI=1S/C17H18Cl2N2O3/c1-3-14(24-15-10-20-16(19)8-13(15)18)17(22)21-9-11-4-6-12(23-2)7-5-11/h4-8,10,14H,3,9H2,1-2H3,(H,21,22). The molecule has 0 bridgehead atoms. The van der Waals surface area contributed by atoms with Gasteiger partial charge >= 0.3 is 0 Å². The molecule has 0 aliphatic carbocycles. The number of hydrogen-bond acceptors (Lipinski definition) is 4. The number of ether oxygens (including phenoxy) is 2. The Morgan fingerprint density at radius 3 is 2.58 bits per heavy atom. The van der Waals surface area contributed by atoms with Crippen molar-refractivity contribution in [2.75, 3.05) is 7.11 Å². The summed E-state index contributed by atoms with van der Waals surface area (Å²) in [6.45, 7) is 2.25. The van der Waals surface area contributed by atoms with Crippen molar-refractivity contribution in [1.29, 1.82) is 0 Å². The molecule has 1 aromatic heterocycles. The molecular formula is C17H18Cl2N2O3. The summed E-state index contributed by atoms with van der Waals surface area (Å²) in [6, 6.07) is 8.94. The molecule has 0 aliphatic heterocycles. The van der Waals surface area contributed by atoms with Gasteiger partial charge in [0.05, 0.1) is 18.3 Å². The quantitative estimate of drug-likeness (QED) is 0.753. The fraction of sp³-hybridized carbons (Fsp3) is 0.294. The van der Waals surface area contributed by atoms with E-state index >= 15 is 0 Å². The summed E-state index contributed by atoms with van der Waals surface area (Å²) < 4.78 is 10.8. The smallest absolute Gasteiger partial charge is 0.261 e. The number of carbonyl (C=O) groups excluding carboxylic acids is 1. The summed E-state index contributed by atoms with van der Waals surface area (Å²) in [7, 11) is 1.61. The fourth-order valence-electron chi connectivity index (χ4n) is 2.00. The molecule has 1 aromatic carbocycles. The normalized spacial score (nSPS) is 11.7. The highest BCUT2D eigenvalue weighted by molar-refractivity contribution is 6.34. The molecule has 1 unspecified atom stereocenters.